The van der Waals surface area contributed by atoms with Crippen LogP contribution in [0.5, 0.6) is 0 Å². The van der Waals surface area contributed by atoms with E-state index in [1.807, 2.05) is 13.8 Å². The first kappa shape index (κ1) is 12.7. The van der Waals surface area contributed by atoms with Crippen LogP contribution in [0.1, 0.15) is 22.5 Å². The van der Waals surface area contributed by atoms with Crippen LogP contribution >= 0.6 is 0 Å². The van der Waals surface area contributed by atoms with Crippen molar-refractivity contribution < 1.29 is 8.78 Å². The zero-order valence-corrected chi connectivity index (χ0v) is 10.4. The molecule has 5 heteroatoms. The zero-order valence-electron chi connectivity index (χ0n) is 10.4. The van der Waals surface area contributed by atoms with Gasteiger partial charge in [-0.25, -0.2) is 8.78 Å². The second-order valence-electron chi connectivity index (χ2n) is 4.25. The predicted octanol–water partition coefficient (Wildman–Crippen LogP) is 2.29. The van der Waals surface area contributed by atoms with E-state index in [1.54, 1.807) is 4.68 Å². The van der Waals surface area contributed by atoms with Crippen LogP contribution < -0.4 is 5.73 Å². The summed E-state index contributed by atoms with van der Waals surface area (Å²) in [5.41, 5.74) is 8.57. The van der Waals surface area contributed by atoms with Crippen molar-refractivity contribution in [3.05, 3.63) is 52.3 Å². The average Bonchev–Trinajstić information content (AvgIpc) is 2.59. The van der Waals surface area contributed by atoms with Gasteiger partial charge in [0.15, 0.2) is 0 Å². The summed E-state index contributed by atoms with van der Waals surface area (Å²) in [6, 6.07) is 3.42. The Morgan fingerprint density at radius 3 is 2.61 bits per heavy atom. The van der Waals surface area contributed by atoms with Gasteiger partial charge >= 0.3 is 0 Å². The highest BCUT2D eigenvalue weighted by Gasteiger charge is 2.12. The van der Waals surface area contributed by atoms with Crippen LogP contribution in [-0.2, 0) is 13.1 Å². The third-order valence-electron chi connectivity index (χ3n) is 3.06. The van der Waals surface area contributed by atoms with Crippen LogP contribution in [0.2, 0.25) is 0 Å². The van der Waals surface area contributed by atoms with Crippen molar-refractivity contribution in [1.82, 2.24) is 9.78 Å². The Kier molecular flexibility index (Phi) is 3.43. The van der Waals surface area contributed by atoms with Crippen LogP contribution in [0.3, 0.4) is 0 Å². The van der Waals surface area contributed by atoms with E-state index >= 15 is 0 Å². The summed E-state index contributed by atoms with van der Waals surface area (Å²) >= 11 is 0. The number of nitrogens with zero attached hydrogens (tertiary/aromatic N) is 2. The molecule has 96 valence electrons. The summed E-state index contributed by atoms with van der Waals surface area (Å²) in [6.07, 6.45) is 0. The summed E-state index contributed by atoms with van der Waals surface area (Å²) in [6.45, 7) is 4.33. The second kappa shape index (κ2) is 4.86. The molecule has 1 aromatic heterocycles. The minimum absolute atomic E-state index is 0.205. The molecule has 0 aliphatic heterocycles. The first-order chi connectivity index (χ1) is 8.52. The van der Waals surface area contributed by atoms with E-state index in [2.05, 4.69) is 5.10 Å². The lowest BCUT2D eigenvalue weighted by Crippen LogP contribution is -2.07. The Labute approximate surface area is 104 Å². The lowest BCUT2D eigenvalue weighted by atomic mass is 10.2. The molecule has 0 aliphatic carbocycles. The SMILES string of the molecule is Cc1nn(Cc2cc(F)ccc2F)c(C)c1CN. The molecule has 1 aromatic carbocycles. The second-order valence-corrected chi connectivity index (χ2v) is 4.25. The first-order valence-electron chi connectivity index (χ1n) is 5.69. The smallest absolute Gasteiger partial charge is 0.128 e. The first-order valence-corrected chi connectivity index (χ1v) is 5.69. The molecule has 0 aliphatic rings. The number of nitrogens with two attached hydrogens (primary N) is 1. The molecule has 2 N–H and O–H groups in total. The summed E-state index contributed by atoms with van der Waals surface area (Å²) in [7, 11) is 0. The topological polar surface area (TPSA) is 43.8 Å². The van der Waals surface area contributed by atoms with Gasteiger partial charge in [-0.05, 0) is 32.0 Å². The normalized spacial score (nSPS) is 10.9. The van der Waals surface area contributed by atoms with Crippen LogP contribution in [-0.4, -0.2) is 9.78 Å². The van der Waals surface area contributed by atoms with Gasteiger partial charge in [-0.2, -0.15) is 5.10 Å². The van der Waals surface area contributed by atoms with E-state index in [9.17, 15) is 8.78 Å². The fraction of sp³-hybridized carbons (Fsp3) is 0.308. The third kappa shape index (κ3) is 2.26. The molecule has 0 atom stereocenters. The molecule has 0 unspecified atom stereocenters. The number of aryl methyl sites for hydroxylation is 1. The lowest BCUT2D eigenvalue weighted by Gasteiger charge is -2.06. The average molecular weight is 251 g/mol. The van der Waals surface area contributed by atoms with E-state index in [-0.39, 0.29) is 12.1 Å². The molecular weight excluding hydrogens is 236 g/mol. The van der Waals surface area contributed by atoms with Gasteiger partial charge in [0, 0.05) is 23.4 Å². The van der Waals surface area contributed by atoms with Crippen molar-refractivity contribution in [3.63, 3.8) is 0 Å². The van der Waals surface area contributed by atoms with Crippen molar-refractivity contribution >= 4 is 0 Å². The molecule has 0 saturated carbocycles. The third-order valence-corrected chi connectivity index (χ3v) is 3.06. The molecule has 2 aromatic rings. The molecule has 0 saturated heterocycles. The molecule has 0 spiro atoms. The van der Waals surface area contributed by atoms with Crippen molar-refractivity contribution in [3.8, 4) is 0 Å². The Balaban J connectivity index is 2.37. The molecule has 0 radical (unpaired) electrons. The van der Waals surface area contributed by atoms with Crippen LogP contribution in [0, 0.1) is 25.5 Å². The van der Waals surface area contributed by atoms with Gasteiger partial charge in [-0.3, -0.25) is 4.68 Å². The van der Waals surface area contributed by atoms with Crippen molar-refractivity contribution in [2.24, 2.45) is 5.73 Å². The van der Waals surface area contributed by atoms with Gasteiger partial charge in [-0.1, -0.05) is 0 Å². The highest BCUT2D eigenvalue weighted by Crippen LogP contribution is 2.16. The summed E-state index contributed by atoms with van der Waals surface area (Å²) in [5.74, 6) is -0.884. The molecular formula is C13H15F2N3. The fourth-order valence-electron chi connectivity index (χ4n) is 2.01. The minimum Gasteiger partial charge on any atom is -0.326 e. The number of hydrogen-bond donors (Lipinski definition) is 1. The molecule has 1 heterocycles. The number of benzene rings is 1. The Hall–Kier alpha value is -1.75. The van der Waals surface area contributed by atoms with Gasteiger partial charge in [0.25, 0.3) is 0 Å². The number of rotatable bonds is 3. The van der Waals surface area contributed by atoms with Crippen molar-refractivity contribution in [2.75, 3.05) is 0 Å². The van der Waals surface area contributed by atoms with Crippen LogP contribution in [0.4, 0.5) is 8.78 Å². The highest BCUT2D eigenvalue weighted by molar-refractivity contribution is 5.26. The van der Waals surface area contributed by atoms with Gasteiger partial charge < -0.3 is 5.73 Å². The zero-order chi connectivity index (χ0) is 13.3. The van der Waals surface area contributed by atoms with Crippen molar-refractivity contribution in [1.29, 1.82) is 0 Å². The number of aromatic nitrogens is 2. The summed E-state index contributed by atoms with van der Waals surface area (Å²) < 4.78 is 28.3. The van der Waals surface area contributed by atoms with E-state index in [0.29, 0.717) is 6.54 Å². The standard InChI is InChI=1S/C13H15F2N3/c1-8-12(6-16)9(2)18(17-8)7-10-5-11(14)3-4-13(10)15/h3-5H,6-7,16H2,1-2H3. The highest BCUT2D eigenvalue weighted by atomic mass is 19.1. The Morgan fingerprint density at radius 2 is 2.00 bits per heavy atom. The molecule has 3 nitrogen and oxygen atoms in total. The Bertz CT molecular complexity index is 576. The summed E-state index contributed by atoms with van der Waals surface area (Å²) in [5, 5.41) is 4.29. The minimum atomic E-state index is -0.452. The van der Waals surface area contributed by atoms with Gasteiger partial charge in [-0.15, -0.1) is 0 Å². The monoisotopic (exact) mass is 251 g/mol. The van der Waals surface area contributed by atoms with Gasteiger partial charge in [0.05, 0.1) is 12.2 Å². The summed E-state index contributed by atoms with van der Waals surface area (Å²) in [4.78, 5) is 0. The number of hydrogen-bond acceptors (Lipinski definition) is 2. The van der Waals surface area contributed by atoms with E-state index < -0.39 is 11.6 Å². The fourth-order valence-corrected chi connectivity index (χ4v) is 2.01. The maximum Gasteiger partial charge on any atom is 0.128 e. The Morgan fingerprint density at radius 1 is 1.28 bits per heavy atom. The molecule has 0 fully saturated rings. The van der Waals surface area contributed by atoms with Crippen LogP contribution in [0.25, 0.3) is 0 Å². The maximum absolute atomic E-state index is 13.5. The predicted molar refractivity (Wildman–Crippen MR) is 65.1 cm³/mol. The van der Waals surface area contributed by atoms with Gasteiger partial charge in [0.1, 0.15) is 11.6 Å². The molecule has 0 bridgehead atoms. The maximum atomic E-state index is 13.5. The largest absolute Gasteiger partial charge is 0.326 e. The number of halogens is 2. The van der Waals surface area contributed by atoms with E-state index in [4.69, 9.17) is 5.73 Å². The molecule has 0 amide bonds. The van der Waals surface area contributed by atoms with Gasteiger partial charge in [0.2, 0.25) is 0 Å². The lowest BCUT2D eigenvalue weighted by molar-refractivity contribution is 0.561. The van der Waals surface area contributed by atoms with E-state index in [0.717, 1.165) is 29.1 Å². The quantitative estimate of drug-likeness (QED) is 0.909. The molecule has 2 rings (SSSR count). The molecule has 18 heavy (non-hydrogen) atoms. The van der Waals surface area contributed by atoms with Crippen LogP contribution in [0.15, 0.2) is 18.2 Å². The van der Waals surface area contributed by atoms with E-state index in [1.165, 1.54) is 6.07 Å². The van der Waals surface area contributed by atoms with Crippen molar-refractivity contribution in [2.45, 2.75) is 26.9 Å².